The zero-order chi connectivity index (χ0) is 11.8. The molecule has 0 heterocycles. The van der Waals surface area contributed by atoms with Crippen molar-refractivity contribution in [1.29, 1.82) is 0 Å². The molecule has 3 N–H and O–H groups in total. The minimum atomic E-state index is -0.0171. The highest BCUT2D eigenvalue weighted by Gasteiger charge is 2.03. The highest BCUT2D eigenvalue weighted by Crippen LogP contribution is 2.06. The molecule has 0 aliphatic heterocycles. The summed E-state index contributed by atoms with van der Waals surface area (Å²) in [6.45, 7) is 3.40. The minimum Gasteiger partial charge on any atom is -0.352 e. The molecule has 0 aliphatic carbocycles. The Labute approximate surface area is 97.0 Å². The van der Waals surface area contributed by atoms with Crippen molar-refractivity contribution in [2.24, 2.45) is 5.73 Å². The fourth-order valence-corrected chi connectivity index (χ4v) is 1.52. The largest absolute Gasteiger partial charge is 0.352 e. The standard InChI is InChI=1S/C13H20N2O/c1-2-4-11-5-7-12(8-6-11)13(16)15-10-3-9-14/h5-8H,2-4,9-10,14H2,1H3,(H,15,16). The first-order valence-corrected chi connectivity index (χ1v) is 5.85. The molecule has 0 bridgehead atoms. The Kier molecular flexibility index (Phi) is 5.57. The van der Waals surface area contributed by atoms with Gasteiger partial charge in [0.25, 0.3) is 5.91 Å². The van der Waals surface area contributed by atoms with Crippen LogP contribution in [0, 0.1) is 0 Å². The molecule has 1 aromatic rings. The van der Waals surface area contributed by atoms with E-state index in [1.54, 1.807) is 0 Å². The Morgan fingerprint density at radius 1 is 1.31 bits per heavy atom. The second kappa shape index (κ2) is 7.01. The van der Waals surface area contributed by atoms with Crippen LogP contribution in [0.15, 0.2) is 24.3 Å². The van der Waals surface area contributed by atoms with Gasteiger partial charge in [-0.2, -0.15) is 0 Å². The second-order valence-corrected chi connectivity index (χ2v) is 3.85. The van der Waals surface area contributed by atoms with E-state index in [0.717, 1.165) is 24.8 Å². The number of hydrogen-bond acceptors (Lipinski definition) is 2. The van der Waals surface area contributed by atoms with Gasteiger partial charge in [0.05, 0.1) is 0 Å². The van der Waals surface area contributed by atoms with Gasteiger partial charge in [0.2, 0.25) is 0 Å². The smallest absolute Gasteiger partial charge is 0.251 e. The molecular weight excluding hydrogens is 200 g/mol. The van der Waals surface area contributed by atoms with E-state index in [-0.39, 0.29) is 5.91 Å². The van der Waals surface area contributed by atoms with Gasteiger partial charge in [0.1, 0.15) is 0 Å². The number of nitrogens with two attached hydrogens (primary N) is 1. The number of carbonyl (C=O) groups excluding carboxylic acids is 1. The predicted molar refractivity (Wildman–Crippen MR) is 66.4 cm³/mol. The van der Waals surface area contributed by atoms with Crippen molar-refractivity contribution in [3.8, 4) is 0 Å². The van der Waals surface area contributed by atoms with Gasteiger partial charge in [-0.25, -0.2) is 0 Å². The van der Waals surface area contributed by atoms with Crippen LogP contribution in [0.3, 0.4) is 0 Å². The highest BCUT2D eigenvalue weighted by molar-refractivity contribution is 5.94. The molecule has 0 unspecified atom stereocenters. The van der Waals surface area contributed by atoms with Gasteiger partial charge in [-0.05, 0) is 37.1 Å². The maximum absolute atomic E-state index is 11.6. The fourth-order valence-electron chi connectivity index (χ4n) is 1.52. The van der Waals surface area contributed by atoms with Gasteiger partial charge in [-0.1, -0.05) is 25.5 Å². The lowest BCUT2D eigenvalue weighted by atomic mass is 10.1. The molecule has 0 saturated carbocycles. The Bertz CT molecular complexity index is 319. The van der Waals surface area contributed by atoms with E-state index in [4.69, 9.17) is 5.73 Å². The Morgan fingerprint density at radius 2 is 2.00 bits per heavy atom. The van der Waals surface area contributed by atoms with Crippen molar-refractivity contribution in [3.63, 3.8) is 0 Å². The number of amides is 1. The molecule has 0 atom stereocenters. The third-order valence-electron chi connectivity index (χ3n) is 2.42. The van der Waals surface area contributed by atoms with Crippen LogP contribution in [0.1, 0.15) is 35.7 Å². The molecule has 0 aromatic heterocycles. The monoisotopic (exact) mass is 220 g/mol. The van der Waals surface area contributed by atoms with Crippen molar-refractivity contribution in [3.05, 3.63) is 35.4 Å². The number of carbonyl (C=O) groups is 1. The summed E-state index contributed by atoms with van der Waals surface area (Å²) >= 11 is 0. The van der Waals surface area contributed by atoms with Crippen LogP contribution in [-0.4, -0.2) is 19.0 Å². The summed E-state index contributed by atoms with van der Waals surface area (Å²) < 4.78 is 0. The van der Waals surface area contributed by atoms with E-state index in [1.807, 2.05) is 24.3 Å². The summed E-state index contributed by atoms with van der Waals surface area (Å²) in [5, 5.41) is 2.83. The highest BCUT2D eigenvalue weighted by atomic mass is 16.1. The topological polar surface area (TPSA) is 55.1 Å². The van der Waals surface area contributed by atoms with E-state index in [2.05, 4.69) is 12.2 Å². The normalized spacial score (nSPS) is 10.1. The molecular formula is C13H20N2O. The zero-order valence-electron chi connectivity index (χ0n) is 9.83. The van der Waals surface area contributed by atoms with Crippen LogP contribution in [0.5, 0.6) is 0 Å². The summed E-state index contributed by atoms with van der Waals surface area (Å²) in [7, 11) is 0. The first kappa shape index (κ1) is 12.7. The lowest BCUT2D eigenvalue weighted by Crippen LogP contribution is -2.25. The third kappa shape index (κ3) is 4.03. The van der Waals surface area contributed by atoms with Crippen LogP contribution in [0.25, 0.3) is 0 Å². The van der Waals surface area contributed by atoms with Crippen LogP contribution in [0.4, 0.5) is 0 Å². The Morgan fingerprint density at radius 3 is 2.56 bits per heavy atom. The molecule has 0 saturated heterocycles. The van der Waals surface area contributed by atoms with Crippen molar-refractivity contribution in [2.45, 2.75) is 26.2 Å². The van der Waals surface area contributed by atoms with Gasteiger partial charge in [-0.15, -0.1) is 0 Å². The number of benzene rings is 1. The summed E-state index contributed by atoms with van der Waals surface area (Å²) in [6.07, 6.45) is 3.01. The maximum Gasteiger partial charge on any atom is 0.251 e. The molecule has 16 heavy (non-hydrogen) atoms. The van der Waals surface area contributed by atoms with Gasteiger partial charge >= 0.3 is 0 Å². The first-order valence-electron chi connectivity index (χ1n) is 5.85. The molecule has 3 nitrogen and oxygen atoms in total. The number of aryl methyl sites for hydroxylation is 1. The van der Waals surface area contributed by atoms with Crippen molar-refractivity contribution >= 4 is 5.91 Å². The van der Waals surface area contributed by atoms with Crippen molar-refractivity contribution < 1.29 is 4.79 Å². The summed E-state index contributed by atoms with van der Waals surface area (Å²) in [4.78, 5) is 11.6. The van der Waals surface area contributed by atoms with Gasteiger partial charge in [0.15, 0.2) is 0 Å². The average Bonchev–Trinajstić information content (AvgIpc) is 2.30. The molecule has 0 radical (unpaired) electrons. The second-order valence-electron chi connectivity index (χ2n) is 3.85. The SMILES string of the molecule is CCCc1ccc(C(=O)NCCCN)cc1. The molecule has 1 rings (SSSR count). The Hall–Kier alpha value is -1.35. The van der Waals surface area contributed by atoms with Crippen LogP contribution in [0.2, 0.25) is 0 Å². The third-order valence-corrected chi connectivity index (χ3v) is 2.42. The molecule has 0 fully saturated rings. The number of rotatable bonds is 6. The van der Waals surface area contributed by atoms with Crippen LogP contribution in [-0.2, 0) is 6.42 Å². The van der Waals surface area contributed by atoms with Crippen LogP contribution >= 0.6 is 0 Å². The van der Waals surface area contributed by atoms with E-state index in [9.17, 15) is 4.79 Å². The van der Waals surface area contributed by atoms with Gasteiger partial charge in [0, 0.05) is 12.1 Å². The van der Waals surface area contributed by atoms with Crippen LogP contribution < -0.4 is 11.1 Å². The number of hydrogen-bond donors (Lipinski definition) is 2. The summed E-state index contributed by atoms with van der Waals surface area (Å²) in [6, 6.07) is 7.79. The quantitative estimate of drug-likeness (QED) is 0.717. The zero-order valence-corrected chi connectivity index (χ0v) is 9.83. The maximum atomic E-state index is 11.6. The molecule has 88 valence electrons. The lowest BCUT2D eigenvalue weighted by molar-refractivity contribution is 0.0953. The number of nitrogens with one attached hydrogen (secondary N) is 1. The van der Waals surface area contributed by atoms with E-state index < -0.39 is 0 Å². The van der Waals surface area contributed by atoms with Crippen molar-refractivity contribution in [2.75, 3.05) is 13.1 Å². The first-order chi connectivity index (χ1) is 7.77. The fraction of sp³-hybridized carbons (Fsp3) is 0.462. The van der Waals surface area contributed by atoms with E-state index in [0.29, 0.717) is 13.1 Å². The summed E-state index contributed by atoms with van der Waals surface area (Å²) in [5.74, 6) is -0.0171. The minimum absolute atomic E-state index is 0.0171. The van der Waals surface area contributed by atoms with Gasteiger partial charge in [-0.3, -0.25) is 4.79 Å². The van der Waals surface area contributed by atoms with Gasteiger partial charge < -0.3 is 11.1 Å². The molecule has 3 heteroatoms. The van der Waals surface area contributed by atoms with E-state index in [1.165, 1.54) is 5.56 Å². The molecule has 0 aliphatic rings. The molecule has 1 aromatic carbocycles. The van der Waals surface area contributed by atoms with Crippen molar-refractivity contribution in [1.82, 2.24) is 5.32 Å². The molecule has 0 spiro atoms. The lowest BCUT2D eigenvalue weighted by Gasteiger charge is -2.05. The molecule has 1 amide bonds. The average molecular weight is 220 g/mol. The predicted octanol–water partition coefficient (Wildman–Crippen LogP) is 1.72. The van der Waals surface area contributed by atoms with E-state index >= 15 is 0 Å². The Balaban J connectivity index is 2.49. The summed E-state index contributed by atoms with van der Waals surface area (Å²) in [5.41, 5.74) is 7.35.